The van der Waals surface area contributed by atoms with E-state index in [0.29, 0.717) is 31.6 Å². The number of carbonyl (C=O) groups excluding carboxylic acids is 4. The van der Waals surface area contributed by atoms with Gasteiger partial charge in [-0.25, -0.2) is 9.13 Å². The summed E-state index contributed by atoms with van der Waals surface area (Å²) >= 11 is 0. The Kier molecular flexibility index (Phi) is 59.4. The van der Waals surface area contributed by atoms with Gasteiger partial charge in [-0.2, -0.15) is 0 Å². The lowest BCUT2D eigenvalue weighted by atomic mass is 9.99. The molecule has 534 valence electrons. The molecule has 0 spiro atoms. The van der Waals surface area contributed by atoms with Gasteiger partial charge in [-0.05, 0) is 49.4 Å². The number of hydrogen-bond acceptors (Lipinski definition) is 15. The van der Waals surface area contributed by atoms with Crippen molar-refractivity contribution in [2.75, 3.05) is 39.6 Å². The molecule has 0 bridgehead atoms. The van der Waals surface area contributed by atoms with Crippen LogP contribution in [-0.4, -0.2) is 96.7 Å². The van der Waals surface area contributed by atoms with E-state index in [1.807, 2.05) is 0 Å². The third-order valence-corrected chi connectivity index (χ3v) is 18.6. The van der Waals surface area contributed by atoms with Crippen molar-refractivity contribution in [3.05, 3.63) is 0 Å². The monoisotopic (exact) mass is 1320 g/mol. The first-order valence-corrected chi connectivity index (χ1v) is 39.7. The van der Waals surface area contributed by atoms with Crippen LogP contribution in [0.5, 0.6) is 0 Å². The number of hydrogen-bond donors (Lipinski definition) is 3. The third kappa shape index (κ3) is 63.5. The number of phosphoric acid groups is 2. The first-order chi connectivity index (χ1) is 43.1. The fourth-order valence-corrected chi connectivity index (χ4v) is 12.2. The van der Waals surface area contributed by atoms with Gasteiger partial charge in [0.15, 0.2) is 12.2 Å². The minimum Gasteiger partial charge on any atom is -0.462 e. The Balaban J connectivity index is 5.25. The van der Waals surface area contributed by atoms with Crippen LogP contribution in [0.4, 0.5) is 0 Å². The number of rotatable bonds is 68. The molecule has 17 nitrogen and oxygen atoms in total. The summed E-state index contributed by atoms with van der Waals surface area (Å²) in [6.45, 7) is 14.1. The van der Waals surface area contributed by atoms with Crippen molar-refractivity contribution in [2.24, 2.45) is 23.7 Å². The van der Waals surface area contributed by atoms with Crippen molar-refractivity contribution in [1.82, 2.24) is 0 Å². The second kappa shape index (κ2) is 60.7. The van der Waals surface area contributed by atoms with Gasteiger partial charge >= 0.3 is 39.5 Å². The molecule has 3 unspecified atom stereocenters. The van der Waals surface area contributed by atoms with Crippen molar-refractivity contribution in [3.63, 3.8) is 0 Å². The molecule has 0 amide bonds. The molecule has 0 aromatic rings. The van der Waals surface area contributed by atoms with Crippen molar-refractivity contribution < 1.29 is 80.2 Å². The zero-order chi connectivity index (χ0) is 66.8. The van der Waals surface area contributed by atoms with Crippen LogP contribution in [0, 0.1) is 23.7 Å². The van der Waals surface area contributed by atoms with Crippen molar-refractivity contribution in [3.8, 4) is 0 Å². The highest BCUT2D eigenvalue weighted by atomic mass is 31.2. The molecule has 0 aromatic heterocycles. The lowest BCUT2D eigenvalue weighted by Gasteiger charge is -2.21. The van der Waals surface area contributed by atoms with Gasteiger partial charge in [0.25, 0.3) is 0 Å². The van der Waals surface area contributed by atoms with Crippen LogP contribution < -0.4 is 0 Å². The van der Waals surface area contributed by atoms with E-state index in [4.69, 9.17) is 37.0 Å². The summed E-state index contributed by atoms with van der Waals surface area (Å²) in [5.74, 6) is 0.870. The minimum atomic E-state index is -4.95. The largest absolute Gasteiger partial charge is 0.472 e. The lowest BCUT2D eigenvalue weighted by molar-refractivity contribution is -0.161. The van der Waals surface area contributed by atoms with Gasteiger partial charge in [0, 0.05) is 25.7 Å². The van der Waals surface area contributed by atoms with Gasteiger partial charge in [0.05, 0.1) is 26.4 Å². The Bertz CT molecular complexity index is 1780. The van der Waals surface area contributed by atoms with Crippen LogP contribution in [0.15, 0.2) is 0 Å². The second-order valence-corrected chi connectivity index (χ2v) is 30.2. The third-order valence-electron chi connectivity index (χ3n) is 16.7. The Morgan fingerprint density at radius 3 is 0.789 bits per heavy atom. The van der Waals surface area contributed by atoms with Gasteiger partial charge in [-0.15, -0.1) is 0 Å². The Morgan fingerprint density at radius 2 is 0.533 bits per heavy atom. The number of esters is 4. The van der Waals surface area contributed by atoms with E-state index in [0.717, 1.165) is 114 Å². The molecule has 0 radical (unpaired) electrons. The predicted octanol–water partition coefficient (Wildman–Crippen LogP) is 20.1. The number of phosphoric ester groups is 2. The minimum absolute atomic E-state index is 0.105. The van der Waals surface area contributed by atoms with Crippen LogP contribution in [0.3, 0.4) is 0 Å². The molecule has 0 heterocycles. The lowest BCUT2D eigenvalue weighted by Crippen LogP contribution is -2.30. The summed E-state index contributed by atoms with van der Waals surface area (Å²) in [4.78, 5) is 72.6. The SMILES string of the molecule is CCC(C)CCCCCCCCCCC(=O)OC[C@H](COP(=O)(O)OC[C@@H](O)COP(=O)(O)OC[C@@H](COC(=O)CCCCCCCCC(C)C)OC(=O)CCCCCCCCCCCCCC(C)C)OC(=O)CCCCCCCCCCCCCCC(C)C. The Labute approximate surface area is 549 Å². The van der Waals surface area contributed by atoms with Gasteiger partial charge in [0.2, 0.25) is 0 Å². The molecule has 0 aliphatic carbocycles. The number of unbranched alkanes of at least 4 members (excludes halogenated alkanes) is 33. The number of aliphatic hydroxyl groups excluding tert-OH is 1. The van der Waals surface area contributed by atoms with Gasteiger partial charge in [-0.1, -0.05) is 299 Å². The second-order valence-electron chi connectivity index (χ2n) is 27.3. The molecule has 0 rings (SSSR count). The van der Waals surface area contributed by atoms with E-state index in [1.54, 1.807) is 0 Å². The molecule has 0 aromatic carbocycles. The zero-order valence-electron chi connectivity index (χ0n) is 58.8. The standard InChI is InChI=1S/C71H138O17P2/c1-9-64(8)50-42-34-25-21-22-26-35-43-51-68(73)81-57-66(87-70(75)53-45-37-27-19-15-11-10-13-17-23-31-39-47-61(2)3)59-85-89(77,78)83-55-65(72)56-84-90(79,80)86-60-67(58-82-69(74)52-44-36-30-29-33-41-49-63(6)7)88-71(76)54-46-38-28-20-16-12-14-18-24-32-40-48-62(4)5/h61-67,72H,9-60H2,1-8H3,(H,77,78)(H,79,80)/t64?,65-,66-,67-/m1/s1. The van der Waals surface area contributed by atoms with E-state index in [2.05, 4.69) is 55.4 Å². The molecule has 0 aliphatic heterocycles. The highest BCUT2D eigenvalue weighted by molar-refractivity contribution is 7.47. The molecule has 19 heteroatoms. The molecule has 0 fully saturated rings. The number of carbonyl (C=O) groups is 4. The van der Waals surface area contributed by atoms with Crippen molar-refractivity contribution in [1.29, 1.82) is 0 Å². The average Bonchev–Trinajstić information content (AvgIpc) is 2.85. The highest BCUT2D eigenvalue weighted by Crippen LogP contribution is 2.45. The zero-order valence-corrected chi connectivity index (χ0v) is 60.6. The summed E-state index contributed by atoms with van der Waals surface area (Å²) in [7, 11) is -9.90. The van der Waals surface area contributed by atoms with Crippen LogP contribution in [-0.2, 0) is 65.4 Å². The van der Waals surface area contributed by atoms with E-state index in [-0.39, 0.29) is 25.7 Å². The Morgan fingerprint density at radius 1 is 0.311 bits per heavy atom. The summed E-state index contributed by atoms with van der Waals surface area (Å²) in [6, 6.07) is 0. The molecular formula is C71H138O17P2. The van der Waals surface area contributed by atoms with Gasteiger partial charge in [0.1, 0.15) is 19.3 Å². The molecule has 0 saturated carbocycles. The molecule has 0 saturated heterocycles. The van der Waals surface area contributed by atoms with Crippen LogP contribution in [0.2, 0.25) is 0 Å². The maximum absolute atomic E-state index is 13.0. The summed E-state index contributed by atoms with van der Waals surface area (Å²) in [5, 5.41) is 10.6. The van der Waals surface area contributed by atoms with Crippen LogP contribution in [0.1, 0.15) is 351 Å². The van der Waals surface area contributed by atoms with E-state index >= 15 is 0 Å². The van der Waals surface area contributed by atoms with E-state index < -0.39 is 97.5 Å². The van der Waals surface area contributed by atoms with E-state index in [9.17, 15) is 43.2 Å². The van der Waals surface area contributed by atoms with Crippen molar-refractivity contribution in [2.45, 2.75) is 369 Å². The molecule has 3 N–H and O–H groups in total. The quantitative estimate of drug-likeness (QED) is 0.0222. The maximum atomic E-state index is 13.0. The van der Waals surface area contributed by atoms with Crippen molar-refractivity contribution >= 4 is 39.5 Å². The fourth-order valence-electron chi connectivity index (χ4n) is 10.6. The smallest absolute Gasteiger partial charge is 0.462 e. The summed E-state index contributed by atoms with van der Waals surface area (Å²) in [5.41, 5.74) is 0. The summed E-state index contributed by atoms with van der Waals surface area (Å²) in [6.07, 6.45) is 43.1. The molecule has 90 heavy (non-hydrogen) atoms. The van der Waals surface area contributed by atoms with Gasteiger partial charge in [-0.3, -0.25) is 37.3 Å². The Hall–Kier alpha value is -1.94. The molecular weight excluding hydrogens is 1190 g/mol. The maximum Gasteiger partial charge on any atom is 0.472 e. The first-order valence-electron chi connectivity index (χ1n) is 36.7. The van der Waals surface area contributed by atoms with Crippen LogP contribution >= 0.6 is 15.6 Å². The fraction of sp³-hybridized carbons (Fsp3) is 0.944. The van der Waals surface area contributed by atoms with E-state index in [1.165, 1.54) is 148 Å². The average molecular weight is 1330 g/mol. The normalized spacial score (nSPS) is 14.6. The topological polar surface area (TPSA) is 237 Å². The van der Waals surface area contributed by atoms with Gasteiger partial charge < -0.3 is 33.8 Å². The predicted molar refractivity (Wildman–Crippen MR) is 363 cm³/mol. The number of ether oxygens (including phenoxy) is 4. The number of aliphatic hydroxyl groups is 1. The van der Waals surface area contributed by atoms with Crippen LogP contribution in [0.25, 0.3) is 0 Å². The first kappa shape index (κ1) is 88.1. The summed E-state index contributed by atoms with van der Waals surface area (Å²) < 4.78 is 68.3. The highest BCUT2D eigenvalue weighted by Gasteiger charge is 2.30. The molecule has 0 aliphatic rings. The molecule has 6 atom stereocenters.